The maximum Gasteiger partial charge on any atom is 0.272 e. The third kappa shape index (κ3) is 4.25. The Morgan fingerprint density at radius 1 is 1.18 bits per heavy atom. The number of rotatable bonds is 5. The van der Waals surface area contributed by atoms with Gasteiger partial charge in [-0.15, -0.1) is 0 Å². The lowest BCUT2D eigenvalue weighted by atomic mass is 9.80. The molecule has 0 atom stereocenters. The van der Waals surface area contributed by atoms with E-state index in [2.05, 4.69) is 41.5 Å². The molecular weight excluding hydrogens is 274 g/mol. The number of amides is 1. The predicted molar refractivity (Wildman–Crippen MR) is 88.9 cm³/mol. The molecule has 1 aromatic carbocycles. The minimum atomic E-state index is -0.245. The van der Waals surface area contributed by atoms with Crippen molar-refractivity contribution in [1.29, 1.82) is 0 Å². The molecule has 22 heavy (non-hydrogen) atoms. The van der Waals surface area contributed by atoms with Crippen LogP contribution in [0.4, 0.5) is 0 Å². The minimum absolute atomic E-state index is 0.0339. The van der Waals surface area contributed by atoms with Gasteiger partial charge < -0.3 is 0 Å². The Labute approximate surface area is 131 Å². The number of hydrogen-bond acceptors (Lipinski definition) is 3. The lowest BCUT2D eigenvalue weighted by Crippen LogP contribution is -2.24. The summed E-state index contributed by atoms with van der Waals surface area (Å²) >= 11 is 0. The molecule has 2 aromatic rings. The van der Waals surface area contributed by atoms with Gasteiger partial charge in [-0.2, -0.15) is 5.10 Å². The lowest BCUT2D eigenvalue weighted by molar-refractivity contribution is 0.0954. The van der Waals surface area contributed by atoms with Crippen LogP contribution in [0.15, 0.2) is 60.0 Å². The van der Waals surface area contributed by atoms with Gasteiger partial charge in [0.05, 0.1) is 5.56 Å². The van der Waals surface area contributed by atoms with Crippen LogP contribution in [0.2, 0.25) is 0 Å². The van der Waals surface area contributed by atoms with Crippen molar-refractivity contribution in [3.63, 3.8) is 0 Å². The van der Waals surface area contributed by atoms with Crippen molar-refractivity contribution in [2.24, 2.45) is 5.10 Å². The normalized spacial score (nSPS) is 12.0. The fourth-order valence-electron chi connectivity index (χ4n) is 2.38. The quantitative estimate of drug-likeness (QED) is 0.677. The van der Waals surface area contributed by atoms with Crippen LogP contribution in [0.5, 0.6) is 0 Å². The Morgan fingerprint density at radius 2 is 1.91 bits per heavy atom. The van der Waals surface area contributed by atoms with Gasteiger partial charge in [-0.25, -0.2) is 5.43 Å². The van der Waals surface area contributed by atoms with Crippen molar-refractivity contribution in [3.8, 4) is 0 Å². The Balaban J connectivity index is 2.00. The zero-order valence-corrected chi connectivity index (χ0v) is 13.2. The maximum absolute atomic E-state index is 11.9. The Hall–Kier alpha value is -2.49. The van der Waals surface area contributed by atoms with Crippen LogP contribution in [0.3, 0.4) is 0 Å². The van der Waals surface area contributed by atoms with Crippen molar-refractivity contribution in [1.82, 2.24) is 10.4 Å². The zero-order valence-electron chi connectivity index (χ0n) is 13.2. The van der Waals surface area contributed by atoms with Gasteiger partial charge in [0.15, 0.2) is 0 Å². The summed E-state index contributed by atoms with van der Waals surface area (Å²) < 4.78 is 0. The fraction of sp³-hybridized carbons (Fsp3) is 0.278. The predicted octanol–water partition coefficient (Wildman–Crippen LogP) is 3.56. The first kappa shape index (κ1) is 15.9. The molecule has 4 heteroatoms. The summed E-state index contributed by atoms with van der Waals surface area (Å²) in [6.07, 6.45) is 3.92. The van der Waals surface area contributed by atoms with Crippen LogP contribution in [-0.2, 0) is 5.41 Å². The highest BCUT2D eigenvalue weighted by molar-refractivity contribution is 5.95. The highest BCUT2D eigenvalue weighted by Gasteiger charge is 2.21. The van der Waals surface area contributed by atoms with Gasteiger partial charge in [-0.3, -0.25) is 9.78 Å². The molecule has 1 aromatic heterocycles. The second-order valence-corrected chi connectivity index (χ2v) is 5.96. The fourth-order valence-corrected chi connectivity index (χ4v) is 2.38. The van der Waals surface area contributed by atoms with Gasteiger partial charge in [0, 0.05) is 18.1 Å². The second kappa shape index (κ2) is 6.98. The Kier molecular flexibility index (Phi) is 5.04. The molecule has 0 spiro atoms. The molecule has 4 nitrogen and oxygen atoms in total. The van der Waals surface area contributed by atoms with Gasteiger partial charge in [0.2, 0.25) is 0 Å². The number of carbonyl (C=O) groups excluding carboxylic acids is 1. The minimum Gasteiger partial charge on any atom is -0.267 e. The summed E-state index contributed by atoms with van der Waals surface area (Å²) in [5, 5.41) is 4.20. The van der Waals surface area contributed by atoms with Crippen molar-refractivity contribution in [3.05, 3.63) is 66.0 Å². The first-order valence-corrected chi connectivity index (χ1v) is 7.28. The summed E-state index contributed by atoms with van der Waals surface area (Å²) in [6.45, 7) is 6.27. The van der Waals surface area contributed by atoms with E-state index < -0.39 is 0 Å². The largest absolute Gasteiger partial charge is 0.272 e. The van der Waals surface area contributed by atoms with Crippen molar-refractivity contribution < 1.29 is 4.79 Å². The number of hydrazone groups is 1. The van der Waals surface area contributed by atoms with Gasteiger partial charge in [0.25, 0.3) is 5.91 Å². The van der Waals surface area contributed by atoms with Gasteiger partial charge in [0.1, 0.15) is 0 Å². The van der Waals surface area contributed by atoms with E-state index in [1.54, 1.807) is 18.3 Å². The molecule has 2 rings (SSSR count). The second-order valence-electron chi connectivity index (χ2n) is 5.96. The summed E-state index contributed by atoms with van der Waals surface area (Å²) in [4.78, 5) is 15.8. The standard InChI is InChI=1S/C18H21N3O/c1-14(12-18(2,3)16-9-5-4-6-10-16)20-21-17(22)15-8-7-11-19-13-15/h4-11,13H,12H2,1-3H3,(H,21,22)/b20-14+. The smallest absolute Gasteiger partial charge is 0.267 e. The molecular formula is C18H21N3O. The highest BCUT2D eigenvalue weighted by Crippen LogP contribution is 2.27. The van der Waals surface area contributed by atoms with Gasteiger partial charge >= 0.3 is 0 Å². The van der Waals surface area contributed by atoms with Gasteiger partial charge in [-0.1, -0.05) is 44.2 Å². The van der Waals surface area contributed by atoms with E-state index in [0.717, 1.165) is 12.1 Å². The Bertz CT molecular complexity index is 649. The Morgan fingerprint density at radius 3 is 2.55 bits per heavy atom. The van der Waals surface area contributed by atoms with E-state index in [1.807, 2.05) is 25.1 Å². The van der Waals surface area contributed by atoms with Crippen molar-refractivity contribution in [2.75, 3.05) is 0 Å². The topological polar surface area (TPSA) is 54.4 Å². The number of carbonyl (C=O) groups is 1. The number of hydrogen-bond donors (Lipinski definition) is 1. The van der Waals surface area contributed by atoms with Crippen LogP contribution < -0.4 is 5.43 Å². The number of pyridine rings is 1. The first-order valence-electron chi connectivity index (χ1n) is 7.28. The van der Waals surface area contributed by atoms with Crippen LogP contribution in [-0.4, -0.2) is 16.6 Å². The maximum atomic E-state index is 11.9. The average Bonchev–Trinajstić information content (AvgIpc) is 2.54. The van der Waals surface area contributed by atoms with Crippen LogP contribution >= 0.6 is 0 Å². The number of nitrogens with one attached hydrogen (secondary N) is 1. The molecule has 0 aliphatic heterocycles. The van der Waals surface area contributed by atoms with Crippen molar-refractivity contribution >= 4 is 11.6 Å². The third-order valence-corrected chi connectivity index (χ3v) is 3.53. The molecule has 0 radical (unpaired) electrons. The van der Waals surface area contributed by atoms with E-state index in [9.17, 15) is 4.79 Å². The molecule has 114 valence electrons. The van der Waals surface area contributed by atoms with E-state index >= 15 is 0 Å². The monoisotopic (exact) mass is 295 g/mol. The summed E-state index contributed by atoms with van der Waals surface area (Å²) in [5.74, 6) is -0.245. The molecule has 0 unspecified atom stereocenters. The number of benzene rings is 1. The summed E-state index contributed by atoms with van der Waals surface area (Å²) in [6, 6.07) is 13.7. The first-order chi connectivity index (χ1) is 10.5. The molecule has 0 saturated carbocycles. The molecule has 0 aliphatic rings. The molecule has 1 heterocycles. The summed E-state index contributed by atoms with van der Waals surface area (Å²) in [7, 11) is 0. The molecule has 0 saturated heterocycles. The molecule has 1 amide bonds. The SMILES string of the molecule is C/C(CC(C)(C)c1ccccc1)=N\NC(=O)c1cccnc1. The lowest BCUT2D eigenvalue weighted by Gasteiger charge is -2.25. The molecule has 1 N–H and O–H groups in total. The third-order valence-electron chi connectivity index (χ3n) is 3.53. The van der Waals surface area contributed by atoms with E-state index in [0.29, 0.717) is 5.56 Å². The summed E-state index contributed by atoms with van der Waals surface area (Å²) in [5.41, 5.74) is 5.18. The van der Waals surface area contributed by atoms with Gasteiger partial charge in [-0.05, 0) is 36.5 Å². The van der Waals surface area contributed by atoms with Crippen LogP contribution in [0, 0.1) is 0 Å². The molecule has 0 fully saturated rings. The van der Waals surface area contributed by atoms with E-state index in [4.69, 9.17) is 0 Å². The highest BCUT2D eigenvalue weighted by atomic mass is 16.2. The van der Waals surface area contributed by atoms with E-state index in [1.165, 1.54) is 11.8 Å². The average molecular weight is 295 g/mol. The van der Waals surface area contributed by atoms with Crippen LogP contribution in [0.25, 0.3) is 0 Å². The zero-order chi connectivity index (χ0) is 16.0. The van der Waals surface area contributed by atoms with Crippen molar-refractivity contribution in [2.45, 2.75) is 32.6 Å². The number of aromatic nitrogens is 1. The number of nitrogens with zero attached hydrogens (tertiary/aromatic N) is 2. The molecule has 0 aliphatic carbocycles. The van der Waals surface area contributed by atoms with Crippen LogP contribution in [0.1, 0.15) is 43.1 Å². The van der Waals surface area contributed by atoms with E-state index in [-0.39, 0.29) is 11.3 Å². The molecule has 0 bridgehead atoms.